The van der Waals surface area contributed by atoms with E-state index in [2.05, 4.69) is 4.99 Å². The van der Waals surface area contributed by atoms with Gasteiger partial charge in [-0.05, 0) is 17.9 Å². The molecule has 1 aliphatic carbocycles. The number of nitrogens with zero attached hydrogens (tertiary/aromatic N) is 1. The van der Waals surface area contributed by atoms with Crippen LogP contribution in [0.2, 0.25) is 0 Å². The van der Waals surface area contributed by atoms with Gasteiger partial charge in [0.25, 0.3) is 0 Å². The third-order valence-corrected chi connectivity index (χ3v) is 5.66. The lowest BCUT2D eigenvalue weighted by molar-refractivity contribution is -0.268. The van der Waals surface area contributed by atoms with E-state index in [1.54, 1.807) is 6.92 Å². The molecule has 0 saturated carbocycles. The van der Waals surface area contributed by atoms with Crippen LogP contribution in [-0.4, -0.2) is 69.2 Å². The molecule has 0 unspecified atom stereocenters. The molecule has 2 aliphatic rings. The number of Topliss-reactive ketones (excluding diaryl/α,β-unsaturated/α-hetero) is 1. The first kappa shape index (κ1) is 23.6. The van der Waals surface area contributed by atoms with Gasteiger partial charge in [0.05, 0.1) is 18.8 Å². The summed E-state index contributed by atoms with van der Waals surface area (Å²) in [4.78, 5) is 17.1. The lowest BCUT2D eigenvalue weighted by atomic mass is 9.75. The van der Waals surface area contributed by atoms with Crippen molar-refractivity contribution in [1.82, 2.24) is 0 Å². The van der Waals surface area contributed by atoms with Gasteiger partial charge in [-0.25, -0.2) is 0 Å². The Labute approximate surface area is 181 Å². The Hall–Kier alpha value is -2.10. The van der Waals surface area contributed by atoms with Crippen molar-refractivity contribution in [2.45, 2.75) is 70.9 Å². The average molecular weight is 434 g/mol. The molecule has 1 aromatic carbocycles. The molecule has 0 amide bonds. The van der Waals surface area contributed by atoms with E-state index < -0.39 is 37.3 Å². The van der Waals surface area contributed by atoms with Gasteiger partial charge in [-0.1, -0.05) is 44.2 Å². The summed E-state index contributed by atoms with van der Waals surface area (Å²) in [6, 6.07) is 8.28. The van der Waals surface area contributed by atoms with Crippen LogP contribution in [0.5, 0.6) is 0 Å². The number of aliphatic imine (C=N–C) groups is 1. The molecule has 170 valence electrons. The minimum Gasteiger partial charge on any atom is -0.511 e. The Morgan fingerprint density at radius 3 is 2.48 bits per heavy atom. The molecule has 8 heteroatoms. The third kappa shape index (κ3) is 5.39. The number of rotatable bonds is 6. The highest BCUT2D eigenvalue weighted by Crippen LogP contribution is 2.36. The van der Waals surface area contributed by atoms with E-state index in [0.717, 1.165) is 5.56 Å². The van der Waals surface area contributed by atoms with Crippen LogP contribution in [0.3, 0.4) is 0 Å². The summed E-state index contributed by atoms with van der Waals surface area (Å²) in [5.41, 5.74) is 0.905. The number of carbonyl (C=O) groups is 1. The van der Waals surface area contributed by atoms with Crippen LogP contribution in [0, 0.1) is 5.41 Å². The Kier molecular flexibility index (Phi) is 7.28. The van der Waals surface area contributed by atoms with Gasteiger partial charge in [0.1, 0.15) is 30.1 Å². The number of ether oxygens (including phenoxy) is 2. The van der Waals surface area contributed by atoms with Gasteiger partial charge in [0.15, 0.2) is 12.1 Å². The molecule has 0 bridgehead atoms. The maximum Gasteiger partial charge on any atom is 0.183 e. The zero-order valence-corrected chi connectivity index (χ0v) is 18.1. The summed E-state index contributed by atoms with van der Waals surface area (Å²) in [5, 5.41) is 41.0. The van der Waals surface area contributed by atoms with Gasteiger partial charge in [-0.15, -0.1) is 0 Å². The molecule has 0 aromatic heterocycles. The van der Waals surface area contributed by atoms with Crippen molar-refractivity contribution in [2.75, 3.05) is 6.61 Å². The van der Waals surface area contributed by atoms with Crippen LogP contribution in [0.25, 0.3) is 0 Å². The SMILES string of the molecule is CC(=N[C@H]1[C@@H](OCc2ccccc2)O[C@H](CO)[C@@H](O)[C@@H]1O)C1=C(O)CC(C)(C)CC1=O. The van der Waals surface area contributed by atoms with E-state index in [4.69, 9.17) is 9.47 Å². The Morgan fingerprint density at radius 1 is 1.19 bits per heavy atom. The predicted octanol–water partition coefficient (Wildman–Crippen LogP) is 1.67. The van der Waals surface area contributed by atoms with Crippen LogP contribution in [-0.2, 0) is 20.9 Å². The number of ketones is 1. The van der Waals surface area contributed by atoms with Crippen molar-refractivity contribution in [1.29, 1.82) is 0 Å². The van der Waals surface area contributed by atoms with Crippen molar-refractivity contribution in [3.05, 3.63) is 47.2 Å². The van der Waals surface area contributed by atoms with Gasteiger partial charge in [-0.2, -0.15) is 0 Å². The highest BCUT2D eigenvalue weighted by Gasteiger charge is 2.45. The molecule has 3 rings (SSSR count). The van der Waals surface area contributed by atoms with Gasteiger partial charge >= 0.3 is 0 Å². The topological polar surface area (TPSA) is 129 Å². The van der Waals surface area contributed by atoms with Gasteiger partial charge < -0.3 is 29.9 Å². The minimum absolute atomic E-state index is 0.0377. The summed E-state index contributed by atoms with van der Waals surface area (Å²) >= 11 is 0. The first-order valence-electron chi connectivity index (χ1n) is 10.4. The number of carbonyl (C=O) groups excluding carboxylic acids is 1. The van der Waals surface area contributed by atoms with Crippen molar-refractivity contribution < 1.29 is 34.7 Å². The fourth-order valence-electron chi connectivity index (χ4n) is 4.08. The molecule has 1 aliphatic heterocycles. The predicted molar refractivity (Wildman–Crippen MR) is 114 cm³/mol. The summed E-state index contributed by atoms with van der Waals surface area (Å²) in [5.74, 6) is -0.263. The Bertz CT molecular complexity index is 849. The average Bonchev–Trinajstić information content (AvgIpc) is 2.70. The lowest BCUT2D eigenvalue weighted by Gasteiger charge is -2.40. The maximum absolute atomic E-state index is 12.6. The van der Waals surface area contributed by atoms with Crippen molar-refractivity contribution >= 4 is 11.5 Å². The van der Waals surface area contributed by atoms with Crippen LogP contribution >= 0.6 is 0 Å². The van der Waals surface area contributed by atoms with Crippen molar-refractivity contribution in [3.63, 3.8) is 0 Å². The largest absolute Gasteiger partial charge is 0.511 e. The Morgan fingerprint density at radius 2 is 1.87 bits per heavy atom. The molecule has 1 heterocycles. The highest BCUT2D eigenvalue weighted by atomic mass is 16.7. The normalized spacial score (nSPS) is 31.7. The van der Waals surface area contributed by atoms with E-state index in [9.17, 15) is 25.2 Å². The number of benzene rings is 1. The maximum atomic E-state index is 12.6. The second kappa shape index (κ2) is 9.58. The minimum atomic E-state index is -1.39. The number of hydrogen-bond donors (Lipinski definition) is 4. The van der Waals surface area contributed by atoms with Crippen LogP contribution in [0.4, 0.5) is 0 Å². The second-order valence-electron chi connectivity index (χ2n) is 8.97. The van der Waals surface area contributed by atoms with Crippen molar-refractivity contribution in [2.24, 2.45) is 10.4 Å². The van der Waals surface area contributed by atoms with E-state index >= 15 is 0 Å². The van der Waals surface area contributed by atoms with Crippen LogP contribution in [0.1, 0.15) is 39.2 Å². The molecule has 4 N–H and O–H groups in total. The second-order valence-corrected chi connectivity index (χ2v) is 8.97. The molecule has 1 saturated heterocycles. The van der Waals surface area contributed by atoms with E-state index in [0.29, 0.717) is 6.42 Å². The molecule has 0 spiro atoms. The first-order valence-corrected chi connectivity index (χ1v) is 10.4. The fraction of sp³-hybridized carbons (Fsp3) is 0.565. The number of hydrogen-bond acceptors (Lipinski definition) is 8. The third-order valence-electron chi connectivity index (χ3n) is 5.66. The smallest absolute Gasteiger partial charge is 0.183 e. The summed E-state index contributed by atoms with van der Waals surface area (Å²) in [6.07, 6.45) is -4.26. The fourth-order valence-corrected chi connectivity index (χ4v) is 4.08. The van der Waals surface area contributed by atoms with E-state index in [1.165, 1.54) is 0 Å². The molecular formula is C23H31NO7. The molecule has 1 aromatic rings. The van der Waals surface area contributed by atoms with Crippen LogP contribution in [0.15, 0.2) is 46.7 Å². The summed E-state index contributed by atoms with van der Waals surface area (Å²) in [6.45, 7) is 5.05. The zero-order valence-electron chi connectivity index (χ0n) is 18.1. The van der Waals surface area contributed by atoms with Crippen LogP contribution < -0.4 is 0 Å². The van der Waals surface area contributed by atoms with E-state index in [1.807, 2.05) is 44.2 Å². The first-order chi connectivity index (χ1) is 14.6. The number of aliphatic hydroxyl groups is 4. The summed E-state index contributed by atoms with van der Waals surface area (Å²) in [7, 11) is 0. The van der Waals surface area contributed by atoms with Gasteiger partial charge in [-0.3, -0.25) is 9.79 Å². The number of aliphatic hydroxyl groups excluding tert-OH is 4. The van der Waals surface area contributed by atoms with Gasteiger partial charge in [0, 0.05) is 18.6 Å². The Balaban J connectivity index is 1.87. The standard InChI is InChI=1S/C23H31NO7/c1-13(18-15(26)9-23(2,3)10-16(18)27)24-19-21(29)20(28)17(11-25)31-22(19)30-12-14-7-5-4-6-8-14/h4-8,17,19-22,25-26,28-29H,9-12H2,1-3H3/t17-,19-,20-,21-,22+/m1/s1. The van der Waals surface area contributed by atoms with E-state index in [-0.39, 0.29) is 41.3 Å². The molecule has 1 fully saturated rings. The quantitative estimate of drug-likeness (QED) is 0.502. The zero-order chi connectivity index (χ0) is 22.8. The molecule has 5 atom stereocenters. The molecule has 0 radical (unpaired) electrons. The van der Waals surface area contributed by atoms with Gasteiger partial charge in [0.2, 0.25) is 0 Å². The highest BCUT2D eigenvalue weighted by molar-refractivity contribution is 6.22. The molecular weight excluding hydrogens is 402 g/mol. The number of allylic oxidation sites excluding steroid dienone is 2. The molecule has 8 nitrogen and oxygen atoms in total. The van der Waals surface area contributed by atoms with Crippen molar-refractivity contribution in [3.8, 4) is 0 Å². The molecule has 31 heavy (non-hydrogen) atoms. The lowest BCUT2D eigenvalue weighted by Crippen LogP contribution is -2.58. The summed E-state index contributed by atoms with van der Waals surface area (Å²) < 4.78 is 11.5. The monoisotopic (exact) mass is 433 g/mol.